The van der Waals surface area contributed by atoms with E-state index in [0.717, 1.165) is 18.3 Å². The molecule has 2 bridgehead atoms. The molecule has 1 spiro atoms. The molecule has 0 amide bonds. The largest absolute Gasteiger partial charge is 0.462 e. The minimum atomic E-state index is -1.84. The molecule has 6 heterocycles. The minimum Gasteiger partial charge on any atom is -0.462 e. The molecule has 7 aliphatic rings. The molecule has 374 valence electrons. The molecule has 6 aliphatic heterocycles. The van der Waals surface area contributed by atoms with E-state index in [1.165, 1.54) is 6.08 Å². The second-order valence-electron chi connectivity index (χ2n) is 20.1. The lowest BCUT2D eigenvalue weighted by Gasteiger charge is -2.48. The van der Waals surface area contributed by atoms with Crippen molar-refractivity contribution in [3.05, 3.63) is 71.5 Å². The summed E-state index contributed by atoms with van der Waals surface area (Å²) in [4.78, 5) is 27.3. The Kier molecular flexibility index (Phi) is 16.9. The third-order valence-corrected chi connectivity index (χ3v) is 15.4. The number of allylic oxidation sites excluding steroid dienone is 3. The quantitative estimate of drug-likeness (QED) is 0.107. The fourth-order valence-electron chi connectivity index (χ4n) is 11.4. The van der Waals surface area contributed by atoms with Crippen molar-refractivity contribution in [3.8, 4) is 0 Å². The van der Waals surface area contributed by atoms with E-state index < -0.39 is 78.6 Å². The zero-order valence-corrected chi connectivity index (χ0v) is 41.4. The lowest BCUT2D eigenvalue weighted by atomic mass is 9.71. The fraction of sp³-hybridized carbons (Fsp3) is 0.731. The van der Waals surface area contributed by atoms with Crippen molar-refractivity contribution < 1.29 is 67.2 Å². The van der Waals surface area contributed by atoms with Crippen LogP contribution in [0.1, 0.15) is 93.9 Å². The van der Waals surface area contributed by atoms with Crippen LogP contribution in [0, 0.1) is 23.7 Å². The highest BCUT2D eigenvalue weighted by atomic mass is 16.7. The van der Waals surface area contributed by atoms with Gasteiger partial charge >= 0.3 is 5.97 Å². The number of aliphatic hydroxyl groups is 2. The van der Waals surface area contributed by atoms with Gasteiger partial charge in [-0.15, -0.1) is 0 Å². The summed E-state index contributed by atoms with van der Waals surface area (Å²) in [5.74, 6) is -2.60. The van der Waals surface area contributed by atoms with Crippen molar-refractivity contribution in [2.45, 2.75) is 191 Å². The first kappa shape index (κ1) is 51.8. The van der Waals surface area contributed by atoms with Gasteiger partial charge in [0.05, 0.1) is 55.4 Å². The number of aldehydes is 1. The Hall–Kier alpha value is -3.06. The van der Waals surface area contributed by atoms with E-state index in [0.29, 0.717) is 36.8 Å². The first-order valence-corrected chi connectivity index (χ1v) is 24.5. The molecular formula is C52H77NO14. The number of nitrogens with zero attached hydrogens (tertiary/aromatic N) is 1. The van der Waals surface area contributed by atoms with Crippen molar-refractivity contribution in [2.75, 3.05) is 27.9 Å². The number of fused-ring (bicyclic) bond motifs is 2. The minimum absolute atomic E-state index is 0.0275. The predicted octanol–water partition coefficient (Wildman–Crippen LogP) is 6.03. The Morgan fingerprint density at radius 3 is 2.37 bits per heavy atom. The third-order valence-electron chi connectivity index (χ3n) is 15.4. The molecule has 7 rings (SSSR count). The van der Waals surface area contributed by atoms with Crippen LogP contribution in [0.2, 0.25) is 0 Å². The Labute approximate surface area is 397 Å². The summed E-state index contributed by atoms with van der Waals surface area (Å²) in [6.07, 6.45) is 13.7. The summed E-state index contributed by atoms with van der Waals surface area (Å²) in [5.41, 5.74) is 0.121. The number of carbonyl (C=O) groups excluding carboxylic acids is 2. The number of rotatable bonds is 11. The molecule has 20 atom stereocenters. The fourth-order valence-corrected chi connectivity index (χ4v) is 11.4. The van der Waals surface area contributed by atoms with Gasteiger partial charge in [0.25, 0.3) is 0 Å². The number of esters is 1. The first-order valence-electron chi connectivity index (χ1n) is 24.5. The van der Waals surface area contributed by atoms with Crippen LogP contribution in [-0.2, 0) is 57.0 Å². The number of hydrogen-bond acceptors (Lipinski definition) is 15. The molecule has 0 saturated carbocycles. The van der Waals surface area contributed by atoms with Crippen molar-refractivity contribution in [2.24, 2.45) is 23.7 Å². The third kappa shape index (κ3) is 11.0. The highest BCUT2D eigenvalue weighted by Gasteiger charge is 2.60. The number of hydrogen-bond donors (Lipinski definition) is 2. The molecule has 2 N–H and O–H groups in total. The van der Waals surface area contributed by atoms with E-state index in [4.69, 9.17) is 47.4 Å². The lowest BCUT2D eigenvalue weighted by Crippen LogP contribution is -2.58. The van der Waals surface area contributed by atoms with Crippen LogP contribution < -0.4 is 0 Å². The second-order valence-corrected chi connectivity index (χ2v) is 20.1. The van der Waals surface area contributed by atoms with E-state index in [2.05, 4.69) is 39.8 Å². The summed E-state index contributed by atoms with van der Waals surface area (Å²) in [6.45, 7) is 16.3. The van der Waals surface area contributed by atoms with Gasteiger partial charge in [0.1, 0.15) is 42.2 Å². The summed E-state index contributed by atoms with van der Waals surface area (Å²) in [5, 5.41) is 23.8. The van der Waals surface area contributed by atoms with Crippen LogP contribution in [0.25, 0.3) is 0 Å². The number of aliphatic hydroxyl groups excluding tert-OH is 1. The van der Waals surface area contributed by atoms with Crippen LogP contribution in [-0.4, -0.2) is 152 Å². The zero-order chi connectivity index (χ0) is 48.4. The van der Waals surface area contributed by atoms with Crippen LogP contribution in [0.3, 0.4) is 0 Å². The van der Waals surface area contributed by atoms with Gasteiger partial charge in [0.15, 0.2) is 18.4 Å². The number of methoxy groups -OCH3 is 2. The standard InChI is InChI=1S/C52H77NO14/c1-12-29(2)47-32(5)19-20-51(67-47)27-38-24-37(66-51)18-17-31(4)46(30(3)15-13-16-36-28-60-49-45(55)33(6)23-39(50(56)63-38)52(36,49)57)64-43-26-41(59-11)48(35(8)62-43)65-42-25-40(58-10)44(34(7)61-42)53(9)21-14-22-54/h13-17,19-23,29-30,32,34-35,37-49,55,57H,12,18,24-28H2,1-11H3/b15-13-,21-14-,31-17-,36-16?/t29-,30-,32-,34-,35-,37+,38-,39-,40-,41-,42-,43-,44-,45+,46-,47+,48-,49+,51+,52+/m0/s1. The topological polar surface area (TPSA) is 170 Å². The maximum absolute atomic E-state index is 14.4. The molecule has 4 saturated heterocycles. The highest BCUT2D eigenvalue weighted by molar-refractivity contribution is 5.78. The molecule has 67 heavy (non-hydrogen) atoms. The summed E-state index contributed by atoms with van der Waals surface area (Å²) in [6, 6.07) is -0.131. The van der Waals surface area contributed by atoms with E-state index in [-0.39, 0.29) is 61.2 Å². The highest BCUT2D eigenvalue weighted by Crippen LogP contribution is 2.47. The molecule has 0 unspecified atom stereocenters. The molecular weight excluding hydrogens is 863 g/mol. The molecule has 0 aromatic rings. The predicted molar refractivity (Wildman–Crippen MR) is 248 cm³/mol. The van der Waals surface area contributed by atoms with Gasteiger partial charge in [0, 0.05) is 65.0 Å². The number of ether oxygens (including phenoxy) is 10. The van der Waals surface area contributed by atoms with Crippen molar-refractivity contribution in [1.82, 2.24) is 4.90 Å². The van der Waals surface area contributed by atoms with Gasteiger partial charge in [-0.05, 0) is 68.9 Å². The van der Waals surface area contributed by atoms with Crippen molar-refractivity contribution in [1.29, 1.82) is 0 Å². The maximum atomic E-state index is 14.4. The molecule has 0 radical (unpaired) electrons. The van der Waals surface area contributed by atoms with Gasteiger partial charge < -0.3 is 62.5 Å². The molecule has 0 aromatic carbocycles. The van der Waals surface area contributed by atoms with Crippen LogP contribution in [0.4, 0.5) is 0 Å². The van der Waals surface area contributed by atoms with Gasteiger partial charge in [-0.1, -0.05) is 70.6 Å². The van der Waals surface area contributed by atoms with E-state index in [9.17, 15) is 19.8 Å². The summed E-state index contributed by atoms with van der Waals surface area (Å²) < 4.78 is 64.9. The second kappa shape index (κ2) is 21.9. The van der Waals surface area contributed by atoms with Crippen LogP contribution in [0.5, 0.6) is 0 Å². The monoisotopic (exact) mass is 940 g/mol. The zero-order valence-electron chi connectivity index (χ0n) is 41.4. The van der Waals surface area contributed by atoms with Crippen LogP contribution in [0.15, 0.2) is 71.5 Å². The maximum Gasteiger partial charge on any atom is 0.316 e. The van der Waals surface area contributed by atoms with Gasteiger partial charge in [-0.2, -0.15) is 0 Å². The SMILES string of the molecule is CC[C@H](C)[C@H]1O[C@]2(C=C[C@@H]1C)C[C@@H]1C[C@@H](C/C=C(/C)[C@@H](O[C@H]3C[C@H](OC)[C@@H](O[C@H]4C[C@H](OC)[C@@H](N(C)/C=C\C=O)[C@H](C)O4)[C@H](C)O3)[C@@H](C)/C=C\C=C3CO[C@@H]4[C@H](O)C(C)=C[C@@H](C(=O)O1)[C@]34O)O2. The van der Waals surface area contributed by atoms with Crippen molar-refractivity contribution in [3.63, 3.8) is 0 Å². The Bertz CT molecular complexity index is 1910. The van der Waals surface area contributed by atoms with Gasteiger partial charge in [-0.3, -0.25) is 9.59 Å². The van der Waals surface area contributed by atoms with Crippen molar-refractivity contribution >= 4 is 12.3 Å². The van der Waals surface area contributed by atoms with E-state index in [1.54, 1.807) is 39.5 Å². The van der Waals surface area contributed by atoms with E-state index >= 15 is 0 Å². The molecule has 0 aromatic heterocycles. The lowest BCUT2D eigenvalue weighted by molar-refractivity contribution is -0.314. The Morgan fingerprint density at radius 1 is 0.940 bits per heavy atom. The Balaban J connectivity index is 1.15. The summed E-state index contributed by atoms with van der Waals surface area (Å²) >= 11 is 0. The Morgan fingerprint density at radius 2 is 1.66 bits per heavy atom. The normalized spacial score (nSPS) is 45.6. The van der Waals surface area contributed by atoms with Gasteiger partial charge in [0.2, 0.25) is 0 Å². The summed E-state index contributed by atoms with van der Waals surface area (Å²) in [7, 11) is 5.23. The average Bonchev–Trinajstić information content (AvgIpc) is 3.64. The molecule has 1 aliphatic carbocycles. The molecule has 15 heteroatoms. The molecule has 4 fully saturated rings. The van der Waals surface area contributed by atoms with Gasteiger partial charge in [-0.25, -0.2) is 0 Å². The van der Waals surface area contributed by atoms with E-state index in [1.807, 2.05) is 50.9 Å². The first-order chi connectivity index (χ1) is 31.9. The number of carbonyl (C=O) groups is 2. The average molecular weight is 940 g/mol. The number of likely N-dealkylation sites (N-methyl/N-ethyl adjacent to an activating group) is 1. The smallest absolute Gasteiger partial charge is 0.316 e. The molecule has 15 nitrogen and oxygen atoms in total. The van der Waals surface area contributed by atoms with Crippen LogP contribution >= 0.6 is 0 Å².